The van der Waals surface area contributed by atoms with Crippen molar-refractivity contribution in [2.75, 3.05) is 0 Å². The van der Waals surface area contributed by atoms with Crippen molar-refractivity contribution >= 4 is 17.9 Å². The molecule has 1 aromatic heterocycles. The molecule has 1 aromatic carbocycles. The predicted molar refractivity (Wildman–Crippen MR) is 53.5 cm³/mol. The van der Waals surface area contributed by atoms with Gasteiger partial charge >= 0.3 is 58.4 Å². The van der Waals surface area contributed by atoms with E-state index >= 15 is 0 Å². The molecule has 0 saturated carbocycles. The third kappa shape index (κ3) is 3.10. The maximum absolute atomic E-state index is 12.3. The number of fused-ring (bicyclic) bond motifs is 1. The minimum absolute atomic E-state index is 0. The molecule has 0 saturated heterocycles. The maximum Gasteiger partial charge on any atom is 1.00 e. The van der Waals surface area contributed by atoms with Crippen LogP contribution in [-0.4, -0.2) is 16.8 Å². The van der Waals surface area contributed by atoms with Crippen molar-refractivity contribution in [1.29, 1.82) is 0 Å². The molecule has 0 amide bonds. The van der Waals surface area contributed by atoms with Crippen molar-refractivity contribution in [3.63, 3.8) is 0 Å². The number of benzene rings is 1. The monoisotopic (exact) mass is 252 g/mol. The van der Waals surface area contributed by atoms with Crippen molar-refractivity contribution in [3.05, 3.63) is 30.0 Å². The second-order valence-corrected chi connectivity index (χ2v) is 3.50. The van der Waals surface area contributed by atoms with E-state index in [1.54, 1.807) is 31.3 Å². The van der Waals surface area contributed by atoms with E-state index in [0.29, 0.717) is 5.39 Å². The summed E-state index contributed by atoms with van der Waals surface area (Å²) >= 11 is 0. The Morgan fingerprint density at radius 1 is 1.25 bits per heavy atom. The zero-order valence-electron chi connectivity index (χ0n) is 9.12. The van der Waals surface area contributed by atoms with Crippen LogP contribution < -0.4 is 51.4 Å². The van der Waals surface area contributed by atoms with E-state index in [1.165, 1.54) is 4.68 Å². The van der Waals surface area contributed by atoms with Gasteiger partial charge in [-0.3, -0.25) is 4.68 Å². The van der Waals surface area contributed by atoms with Gasteiger partial charge in [0.25, 0.3) is 0 Å². The van der Waals surface area contributed by atoms with E-state index < -0.39 is 13.3 Å². The molecule has 0 spiro atoms. The molecule has 0 aliphatic heterocycles. The van der Waals surface area contributed by atoms with Crippen LogP contribution in [0.1, 0.15) is 5.69 Å². The van der Waals surface area contributed by atoms with E-state index in [-0.39, 0.29) is 57.1 Å². The molecule has 0 bridgehead atoms. The molecular weight excluding hydrogens is 243 g/mol. The largest absolute Gasteiger partial charge is 1.00 e. The molecule has 0 N–H and O–H groups in total. The van der Waals surface area contributed by atoms with Crippen molar-refractivity contribution < 1.29 is 64.3 Å². The second-order valence-electron chi connectivity index (χ2n) is 3.50. The van der Waals surface area contributed by atoms with E-state index in [1.807, 2.05) is 0 Å². The van der Waals surface area contributed by atoms with E-state index in [9.17, 15) is 12.9 Å². The molecule has 2 rings (SSSR count). The summed E-state index contributed by atoms with van der Waals surface area (Å²) in [5, 5.41) is 4.47. The van der Waals surface area contributed by atoms with Crippen LogP contribution >= 0.6 is 0 Å². The van der Waals surface area contributed by atoms with Crippen molar-refractivity contribution in [3.8, 4) is 0 Å². The summed E-state index contributed by atoms with van der Waals surface area (Å²) in [7, 11) is 1.65. The SMILES string of the molecule is Cn1nc(C[B-](F)(F)F)c2ccccc21.[K+]. The average Bonchev–Trinajstić information content (AvgIpc) is 2.42. The molecule has 7 heteroatoms. The Morgan fingerprint density at radius 3 is 2.50 bits per heavy atom. The fourth-order valence-corrected chi connectivity index (χ4v) is 1.66. The van der Waals surface area contributed by atoms with Crippen LogP contribution in [0.15, 0.2) is 24.3 Å². The van der Waals surface area contributed by atoms with Gasteiger partial charge < -0.3 is 12.9 Å². The van der Waals surface area contributed by atoms with E-state index in [2.05, 4.69) is 5.10 Å². The summed E-state index contributed by atoms with van der Waals surface area (Å²) in [5.41, 5.74) is 0.841. The molecular formula is C9H9BF3KN2. The van der Waals surface area contributed by atoms with Crippen LogP contribution in [0.25, 0.3) is 10.9 Å². The van der Waals surface area contributed by atoms with Crippen molar-refractivity contribution in [1.82, 2.24) is 9.78 Å². The van der Waals surface area contributed by atoms with Crippen molar-refractivity contribution in [2.24, 2.45) is 7.05 Å². The number of nitrogens with zero attached hydrogens (tertiary/aromatic N) is 2. The summed E-state index contributed by atoms with van der Waals surface area (Å²) in [6.07, 6.45) is -0.915. The predicted octanol–water partition coefficient (Wildman–Crippen LogP) is -0.494. The number of halogens is 3. The molecule has 2 aromatic rings. The second kappa shape index (κ2) is 5.22. The Balaban J connectivity index is 0.00000128. The minimum atomic E-state index is -4.83. The normalized spacial score (nSPS) is 11.5. The number of rotatable bonds is 2. The summed E-state index contributed by atoms with van der Waals surface area (Å²) in [4.78, 5) is 0. The molecule has 2 nitrogen and oxygen atoms in total. The van der Waals surface area contributed by atoms with Gasteiger partial charge in [-0.1, -0.05) is 18.2 Å². The Morgan fingerprint density at radius 2 is 1.88 bits per heavy atom. The van der Waals surface area contributed by atoms with Crippen LogP contribution in [0.2, 0.25) is 0 Å². The topological polar surface area (TPSA) is 17.8 Å². The van der Waals surface area contributed by atoms with Crippen LogP contribution in [-0.2, 0) is 13.4 Å². The molecule has 16 heavy (non-hydrogen) atoms. The molecule has 0 aliphatic carbocycles. The number of para-hydroxylation sites is 1. The van der Waals surface area contributed by atoms with Crippen molar-refractivity contribution in [2.45, 2.75) is 6.32 Å². The van der Waals surface area contributed by atoms with Crippen LogP contribution in [0.5, 0.6) is 0 Å². The molecule has 0 aliphatic rings. The molecule has 1 heterocycles. The van der Waals surface area contributed by atoms with Gasteiger partial charge in [-0.2, -0.15) is 5.10 Å². The molecule has 80 valence electrons. The Bertz CT molecular complexity index is 495. The Labute approximate surface area is 134 Å². The van der Waals surface area contributed by atoms with Gasteiger partial charge in [-0.05, 0) is 12.4 Å². The fraction of sp³-hybridized carbons (Fsp3) is 0.222. The summed E-state index contributed by atoms with van der Waals surface area (Å²) in [6, 6.07) is 6.93. The zero-order chi connectivity index (χ0) is 11.1. The van der Waals surface area contributed by atoms with Gasteiger partial charge in [0, 0.05) is 18.1 Å². The maximum atomic E-state index is 12.3. The van der Waals surface area contributed by atoms with Gasteiger partial charge in [0.15, 0.2) is 0 Å². The Hall–Kier alpha value is 0.181. The quantitative estimate of drug-likeness (QED) is 0.659. The van der Waals surface area contributed by atoms with Gasteiger partial charge in [-0.15, -0.1) is 0 Å². The van der Waals surface area contributed by atoms with Gasteiger partial charge in [0.2, 0.25) is 0 Å². The first-order valence-electron chi connectivity index (χ1n) is 4.59. The summed E-state index contributed by atoms with van der Waals surface area (Å²) < 4.78 is 38.4. The van der Waals surface area contributed by atoms with Crippen LogP contribution in [0, 0.1) is 0 Å². The fourth-order valence-electron chi connectivity index (χ4n) is 1.66. The van der Waals surface area contributed by atoms with E-state index in [4.69, 9.17) is 0 Å². The van der Waals surface area contributed by atoms with E-state index in [0.717, 1.165) is 5.52 Å². The third-order valence-electron chi connectivity index (χ3n) is 2.26. The third-order valence-corrected chi connectivity index (χ3v) is 2.26. The minimum Gasteiger partial charge on any atom is -0.449 e. The van der Waals surface area contributed by atoms with Gasteiger partial charge in [0.05, 0.1) is 5.52 Å². The number of hydrogen-bond donors (Lipinski definition) is 0. The molecule has 0 radical (unpaired) electrons. The zero-order valence-corrected chi connectivity index (χ0v) is 12.2. The first-order valence-corrected chi connectivity index (χ1v) is 4.59. The summed E-state index contributed by atoms with van der Waals surface area (Å²) in [6.45, 7) is -4.83. The molecule has 0 fully saturated rings. The van der Waals surface area contributed by atoms with Crippen LogP contribution in [0.3, 0.4) is 0 Å². The number of aryl methyl sites for hydroxylation is 1. The summed E-state index contributed by atoms with van der Waals surface area (Å²) in [5.74, 6) is 0. The van der Waals surface area contributed by atoms with Gasteiger partial charge in [0.1, 0.15) is 0 Å². The first-order chi connectivity index (χ1) is 6.97. The number of hydrogen-bond acceptors (Lipinski definition) is 1. The average molecular weight is 252 g/mol. The Kier molecular flexibility index (Phi) is 4.65. The first kappa shape index (κ1) is 14.2. The molecule has 0 atom stereocenters. The standard InChI is InChI=1S/C9H9BF3N2.K/c1-15-9-5-3-2-4-7(9)8(14-15)6-10(11,12)13;/h2-5H,6H2,1H3;/q-1;+1. The number of aromatic nitrogens is 2. The van der Waals surface area contributed by atoms with Gasteiger partial charge in [-0.25, -0.2) is 0 Å². The smallest absolute Gasteiger partial charge is 0.449 e. The molecule has 0 unspecified atom stereocenters. The van der Waals surface area contributed by atoms with Crippen LogP contribution in [0.4, 0.5) is 12.9 Å².